The standard InChI is InChI=1S/C13H28N2S/c1-12(2)10-14-11-13-6-4-7-15(13)8-5-9-16-3/h12-14H,4-11H2,1-3H3. The topological polar surface area (TPSA) is 15.3 Å². The van der Waals surface area contributed by atoms with Crippen molar-refractivity contribution in [3.05, 3.63) is 0 Å². The summed E-state index contributed by atoms with van der Waals surface area (Å²) in [5.74, 6) is 2.08. The molecule has 0 radical (unpaired) electrons. The third-order valence-electron chi connectivity index (χ3n) is 3.23. The maximum absolute atomic E-state index is 3.60. The molecule has 1 unspecified atom stereocenters. The maximum atomic E-state index is 3.60. The van der Waals surface area contributed by atoms with Crippen molar-refractivity contribution in [3.63, 3.8) is 0 Å². The van der Waals surface area contributed by atoms with Gasteiger partial charge in [-0.25, -0.2) is 0 Å². The van der Waals surface area contributed by atoms with Crippen LogP contribution in [0.3, 0.4) is 0 Å². The lowest BCUT2D eigenvalue weighted by atomic mass is 10.2. The highest BCUT2D eigenvalue weighted by atomic mass is 32.2. The van der Waals surface area contributed by atoms with Gasteiger partial charge in [0.1, 0.15) is 0 Å². The van der Waals surface area contributed by atoms with Crippen LogP contribution in [0.15, 0.2) is 0 Å². The zero-order valence-electron chi connectivity index (χ0n) is 11.2. The number of rotatable bonds is 8. The van der Waals surface area contributed by atoms with Crippen molar-refractivity contribution in [1.29, 1.82) is 0 Å². The van der Waals surface area contributed by atoms with Crippen LogP contribution >= 0.6 is 11.8 Å². The number of hydrogen-bond donors (Lipinski definition) is 1. The van der Waals surface area contributed by atoms with Gasteiger partial charge in [0.05, 0.1) is 0 Å². The SMILES string of the molecule is CSCCCN1CCCC1CNCC(C)C. The fraction of sp³-hybridized carbons (Fsp3) is 1.00. The lowest BCUT2D eigenvalue weighted by Crippen LogP contribution is -2.39. The smallest absolute Gasteiger partial charge is 0.0221 e. The molecule has 0 aromatic heterocycles. The Hall–Kier alpha value is 0.270. The molecule has 1 atom stereocenters. The van der Waals surface area contributed by atoms with Crippen molar-refractivity contribution in [3.8, 4) is 0 Å². The lowest BCUT2D eigenvalue weighted by molar-refractivity contribution is 0.247. The van der Waals surface area contributed by atoms with Gasteiger partial charge in [-0.1, -0.05) is 13.8 Å². The Labute approximate surface area is 106 Å². The van der Waals surface area contributed by atoms with Crippen LogP contribution in [-0.2, 0) is 0 Å². The first-order valence-corrected chi connectivity index (χ1v) is 8.07. The fourth-order valence-electron chi connectivity index (χ4n) is 2.37. The predicted octanol–water partition coefficient (Wildman–Crippen LogP) is 2.45. The third kappa shape index (κ3) is 5.55. The Morgan fingerprint density at radius 2 is 2.25 bits per heavy atom. The molecule has 1 saturated heterocycles. The number of nitrogens with one attached hydrogen (secondary N) is 1. The summed E-state index contributed by atoms with van der Waals surface area (Å²) in [6, 6.07) is 0.806. The summed E-state index contributed by atoms with van der Waals surface area (Å²) in [7, 11) is 0. The molecule has 0 bridgehead atoms. The van der Waals surface area contributed by atoms with Crippen molar-refractivity contribution >= 4 is 11.8 Å². The summed E-state index contributed by atoms with van der Waals surface area (Å²) in [4.78, 5) is 2.68. The van der Waals surface area contributed by atoms with Crippen LogP contribution in [0, 0.1) is 5.92 Å². The largest absolute Gasteiger partial charge is 0.315 e. The Morgan fingerprint density at radius 3 is 2.94 bits per heavy atom. The second kappa shape index (κ2) is 8.37. The Morgan fingerprint density at radius 1 is 1.44 bits per heavy atom. The van der Waals surface area contributed by atoms with Gasteiger partial charge in [-0.05, 0) is 56.8 Å². The van der Waals surface area contributed by atoms with E-state index >= 15 is 0 Å². The monoisotopic (exact) mass is 244 g/mol. The first-order chi connectivity index (χ1) is 7.74. The summed E-state index contributed by atoms with van der Waals surface area (Å²) in [6.45, 7) is 9.53. The van der Waals surface area contributed by atoms with Gasteiger partial charge >= 0.3 is 0 Å². The van der Waals surface area contributed by atoms with Crippen LogP contribution in [0.4, 0.5) is 0 Å². The van der Waals surface area contributed by atoms with E-state index < -0.39 is 0 Å². The van der Waals surface area contributed by atoms with Crippen molar-refractivity contribution < 1.29 is 0 Å². The van der Waals surface area contributed by atoms with Crippen LogP contribution in [0.2, 0.25) is 0 Å². The minimum absolute atomic E-state index is 0.770. The zero-order valence-corrected chi connectivity index (χ0v) is 12.0. The van der Waals surface area contributed by atoms with Gasteiger partial charge in [0, 0.05) is 12.6 Å². The molecule has 1 rings (SSSR count). The van der Waals surface area contributed by atoms with Crippen LogP contribution in [0.1, 0.15) is 33.1 Å². The Bertz CT molecular complexity index is 173. The van der Waals surface area contributed by atoms with Crippen LogP contribution in [0.25, 0.3) is 0 Å². The van der Waals surface area contributed by atoms with Crippen molar-refractivity contribution in [2.24, 2.45) is 5.92 Å². The van der Waals surface area contributed by atoms with E-state index in [0.29, 0.717) is 0 Å². The number of hydrogen-bond acceptors (Lipinski definition) is 3. The third-order valence-corrected chi connectivity index (χ3v) is 3.92. The average molecular weight is 244 g/mol. The van der Waals surface area contributed by atoms with Gasteiger partial charge < -0.3 is 5.32 Å². The van der Waals surface area contributed by atoms with Crippen molar-refractivity contribution in [2.75, 3.05) is 38.2 Å². The molecule has 1 heterocycles. The van der Waals surface area contributed by atoms with Gasteiger partial charge in [0.25, 0.3) is 0 Å². The number of thioether (sulfide) groups is 1. The van der Waals surface area contributed by atoms with E-state index in [4.69, 9.17) is 0 Å². The maximum Gasteiger partial charge on any atom is 0.0221 e. The van der Waals surface area contributed by atoms with E-state index in [9.17, 15) is 0 Å². The first-order valence-electron chi connectivity index (χ1n) is 6.67. The van der Waals surface area contributed by atoms with Crippen molar-refractivity contribution in [2.45, 2.75) is 39.2 Å². The normalized spacial score (nSPS) is 22.1. The van der Waals surface area contributed by atoms with Gasteiger partial charge in [-0.15, -0.1) is 0 Å². The quantitative estimate of drug-likeness (QED) is 0.660. The molecule has 3 heteroatoms. The molecule has 0 amide bonds. The lowest BCUT2D eigenvalue weighted by Gasteiger charge is -2.25. The molecule has 1 N–H and O–H groups in total. The van der Waals surface area contributed by atoms with E-state index in [1.54, 1.807) is 0 Å². The zero-order chi connectivity index (χ0) is 11.8. The predicted molar refractivity (Wildman–Crippen MR) is 75.3 cm³/mol. The van der Waals surface area contributed by atoms with Crippen LogP contribution in [-0.4, -0.2) is 49.1 Å². The average Bonchev–Trinajstić information content (AvgIpc) is 2.66. The minimum atomic E-state index is 0.770. The highest BCUT2D eigenvalue weighted by Crippen LogP contribution is 2.17. The van der Waals surface area contributed by atoms with E-state index in [-0.39, 0.29) is 0 Å². The van der Waals surface area contributed by atoms with Gasteiger partial charge in [-0.2, -0.15) is 11.8 Å². The fourth-order valence-corrected chi connectivity index (χ4v) is 2.79. The summed E-state index contributed by atoms with van der Waals surface area (Å²) >= 11 is 1.97. The molecule has 0 aromatic rings. The van der Waals surface area contributed by atoms with E-state index in [1.807, 2.05) is 11.8 Å². The second-order valence-electron chi connectivity index (χ2n) is 5.23. The van der Waals surface area contributed by atoms with E-state index in [1.165, 1.54) is 44.6 Å². The highest BCUT2D eigenvalue weighted by Gasteiger charge is 2.23. The number of likely N-dealkylation sites (tertiary alicyclic amines) is 1. The summed E-state index contributed by atoms with van der Waals surface area (Å²) in [5.41, 5.74) is 0. The Kier molecular flexibility index (Phi) is 7.50. The molecule has 0 saturated carbocycles. The Balaban J connectivity index is 2.13. The molecule has 0 aromatic carbocycles. The summed E-state index contributed by atoms with van der Waals surface area (Å²) in [6.07, 6.45) is 6.34. The van der Waals surface area contributed by atoms with Crippen LogP contribution in [0.5, 0.6) is 0 Å². The van der Waals surface area contributed by atoms with Crippen molar-refractivity contribution in [1.82, 2.24) is 10.2 Å². The summed E-state index contributed by atoms with van der Waals surface area (Å²) in [5, 5.41) is 3.60. The molecule has 2 nitrogen and oxygen atoms in total. The van der Waals surface area contributed by atoms with E-state index in [0.717, 1.165) is 18.5 Å². The molecule has 1 aliphatic rings. The molecular weight excluding hydrogens is 216 g/mol. The second-order valence-corrected chi connectivity index (χ2v) is 6.22. The molecule has 0 spiro atoms. The van der Waals surface area contributed by atoms with Gasteiger partial charge in [-0.3, -0.25) is 4.90 Å². The van der Waals surface area contributed by atoms with Crippen LogP contribution < -0.4 is 5.32 Å². The molecule has 96 valence electrons. The minimum Gasteiger partial charge on any atom is -0.315 e. The molecule has 0 aliphatic carbocycles. The first kappa shape index (κ1) is 14.3. The number of nitrogens with zero attached hydrogens (tertiary/aromatic N) is 1. The van der Waals surface area contributed by atoms with Gasteiger partial charge in [0.2, 0.25) is 0 Å². The summed E-state index contributed by atoms with van der Waals surface area (Å²) < 4.78 is 0. The molecule has 1 aliphatic heterocycles. The van der Waals surface area contributed by atoms with Gasteiger partial charge in [0.15, 0.2) is 0 Å². The molecule has 1 fully saturated rings. The highest BCUT2D eigenvalue weighted by molar-refractivity contribution is 7.98. The molecular formula is C13H28N2S. The molecule has 16 heavy (non-hydrogen) atoms. The van der Waals surface area contributed by atoms with E-state index in [2.05, 4.69) is 30.3 Å².